The first-order valence-corrected chi connectivity index (χ1v) is 7.62. The Morgan fingerprint density at radius 3 is 2.18 bits per heavy atom. The summed E-state index contributed by atoms with van der Waals surface area (Å²) in [5, 5.41) is 14.9. The molecule has 1 aliphatic carbocycles. The lowest BCUT2D eigenvalue weighted by Gasteiger charge is -2.36. The Bertz CT molecular complexity index is 554. The largest absolute Gasteiger partial charge is 0.388 e. The van der Waals surface area contributed by atoms with Crippen molar-refractivity contribution in [2.75, 3.05) is 11.9 Å². The molecule has 1 aliphatic rings. The minimum atomic E-state index is -0.829. The van der Waals surface area contributed by atoms with Gasteiger partial charge in [-0.3, -0.25) is 9.59 Å². The molecule has 0 aromatic heterocycles. The van der Waals surface area contributed by atoms with E-state index in [-0.39, 0.29) is 12.0 Å². The molecule has 120 valence electrons. The number of hydrogen-bond acceptors (Lipinski definition) is 3. The predicted molar refractivity (Wildman–Crippen MR) is 85.6 cm³/mol. The normalized spacial score (nSPS) is 16.5. The Morgan fingerprint density at radius 1 is 1.14 bits per heavy atom. The summed E-state index contributed by atoms with van der Waals surface area (Å²) in [5.41, 5.74) is 0.945. The van der Waals surface area contributed by atoms with Gasteiger partial charge in [0.1, 0.15) is 0 Å². The second kappa shape index (κ2) is 6.08. The van der Waals surface area contributed by atoms with E-state index in [0.29, 0.717) is 18.5 Å². The summed E-state index contributed by atoms with van der Waals surface area (Å²) < 4.78 is 0. The molecule has 0 radical (unpaired) electrons. The third-order valence-corrected chi connectivity index (χ3v) is 4.08. The Labute approximate surface area is 131 Å². The van der Waals surface area contributed by atoms with Gasteiger partial charge in [-0.15, -0.1) is 0 Å². The number of hydrogen-bond donors (Lipinski definition) is 3. The molecule has 1 aromatic rings. The molecule has 0 bridgehead atoms. The number of carbonyl (C=O) groups is 2. The van der Waals surface area contributed by atoms with E-state index in [0.717, 1.165) is 12.0 Å². The van der Waals surface area contributed by atoms with E-state index >= 15 is 0 Å². The fourth-order valence-electron chi connectivity index (χ4n) is 2.33. The monoisotopic (exact) mass is 304 g/mol. The number of rotatable bonds is 3. The van der Waals surface area contributed by atoms with Crippen LogP contribution in [0.25, 0.3) is 0 Å². The molecular weight excluding hydrogens is 280 g/mol. The Balaban J connectivity index is 1.87. The second-order valence-electron chi connectivity index (χ2n) is 7.04. The summed E-state index contributed by atoms with van der Waals surface area (Å²) in [6.07, 6.45) is 2.30. The summed E-state index contributed by atoms with van der Waals surface area (Å²) in [5.74, 6) is -1.44. The van der Waals surface area contributed by atoms with E-state index in [1.54, 1.807) is 12.1 Å². The molecule has 1 saturated carbocycles. The van der Waals surface area contributed by atoms with Gasteiger partial charge in [-0.05, 0) is 42.4 Å². The van der Waals surface area contributed by atoms with Gasteiger partial charge in [-0.25, -0.2) is 0 Å². The van der Waals surface area contributed by atoms with Crippen molar-refractivity contribution in [2.24, 2.45) is 0 Å². The molecule has 0 spiro atoms. The maximum atomic E-state index is 11.8. The number of amides is 2. The molecule has 22 heavy (non-hydrogen) atoms. The first-order valence-electron chi connectivity index (χ1n) is 7.62. The lowest BCUT2D eigenvalue weighted by atomic mass is 9.80. The number of carbonyl (C=O) groups excluding carboxylic acids is 2. The smallest absolute Gasteiger partial charge is 0.313 e. The lowest BCUT2D eigenvalue weighted by molar-refractivity contribution is -0.137. The molecule has 1 aromatic carbocycles. The zero-order chi connectivity index (χ0) is 16.4. The Hall–Kier alpha value is -1.88. The molecule has 5 nitrogen and oxygen atoms in total. The highest BCUT2D eigenvalue weighted by atomic mass is 16.3. The molecule has 3 N–H and O–H groups in total. The average molecular weight is 304 g/mol. The zero-order valence-corrected chi connectivity index (χ0v) is 13.4. The van der Waals surface area contributed by atoms with Crippen LogP contribution in [0.2, 0.25) is 0 Å². The predicted octanol–water partition coefficient (Wildman–Crippen LogP) is 1.95. The van der Waals surface area contributed by atoms with Gasteiger partial charge in [-0.2, -0.15) is 0 Å². The van der Waals surface area contributed by atoms with Crippen LogP contribution in [0.3, 0.4) is 0 Å². The maximum Gasteiger partial charge on any atom is 0.313 e. The third-order valence-electron chi connectivity index (χ3n) is 4.08. The molecule has 0 unspecified atom stereocenters. The van der Waals surface area contributed by atoms with Gasteiger partial charge in [0.15, 0.2) is 0 Å². The van der Waals surface area contributed by atoms with Crippen LogP contribution in [0.5, 0.6) is 0 Å². The fourth-order valence-corrected chi connectivity index (χ4v) is 2.33. The zero-order valence-electron chi connectivity index (χ0n) is 13.4. The van der Waals surface area contributed by atoms with Gasteiger partial charge < -0.3 is 15.7 Å². The Kier molecular flexibility index (Phi) is 4.56. The lowest BCUT2D eigenvalue weighted by Crippen LogP contribution is -2.49. The van der Waals surface area contributed by atoms with Crippen molar-refractivity contribution in [1.29, 1.82) is 0 Å². The van der Waals surface area contributed by atoms with Gasteiger partial charge in [0.05, 0.1) is 5.60 Å². The quantitative estimate of drug-likeness (QED) is 0.747. The molecule has 0 heterocycles. The Morgan fingerprint density at radius 2 is 1.73 bits per heavy atom. The van der Waals surface area contributed by atoms with Crippen LogP contribution in [0.15, 0.2) is 24.3 Å². The first kappa shape index (κ1) is 16.5. The van der Waals surface area contributed by atoms with E-state index < -0.39 is 17.4 Å². The topological polar surface area (TPSA) is 78.4 Å². The average Bonchev–Trinajstić information content (AvgIpc) is 2.42. The van der Waals surface area contributed by atoms with Gasteiger partial charge in [0.25, 0.3) is 0 Å². The van der Waals surface area contributed by atoms with Crippen molar-refractivity contribution < 1.29 is 14.7 Å². The standard InChI is InChI=1S/C17H24N2O3/c1-16(2,3)12-5-7-13(8-6-12)19-15(21)14(20)18-11-17(22)9-4-10-17/h5-8,22H,4,9-11H2,1-3H3,(H,18,20)(H,19,21). The van der Waals surface area contributed by atoms with E-state index in [9.17, 15) is 14.7 Å². The van der Waals surface area contributed by atoms with E-state index in [2.05, 4.69) is 31.4 Å². The number of anilines is 1. The summed E-state index contributed by atoms with van der Waals surface area (Å²) in [7, 11) is 0. The van der Waals surface area contributed by atoms with E-state index in [1.807, 2.05) is 12.1 Å². The molecule has 0 saturated heterocycles. The van der Waals surface area contributed by atoms with Crippen LogP contribution in [-0.2, 0) is 15.0 Å². The highest BCUT2D eigenvalue weighted by Gasteiger charge is 2.35. The van der Waals surface area contributed by atoms with Crippen molar-refractivity contribution >= 4 is 17.5 Å². The van der Waals surface area contributed by atoms with Crippen LogP contribution in [0.4, 0.5) is 5.69 Å². The van der Waals surface area contributed by atoms with Gasteiger partial charge in [-0.1, -0.05) is 32.9 Å². The fraction of sp³-hybridized carbons (Fsp3) is 0.529. The van der Waals surface area contributed by atoms with Crippen LogP contribution < -0.4 is 10.6 Å². The third kappa shape index (κ3) is 4.07. The van der Waals surface area contributed by atoms with Crippen molar-refractivity contribution in [2.45, 2.75) is 51.0 Å². The number of aliphatic hydroxyl groups is 1. The van der Waals surface area contributed by atoms with Crippen LogP contribution >= 0.6 is 0 Å². The van der Waals surface area contributed by atoms with E-state index in [1.165, 1.54) is 0 Å². The molecule has 1 fully saturated rings. The van der Waals surface area contributed by atoms with Gasteiger partial charge in [0, 0.05) is 12.2 Å². The molecule has 5 heteroatoms. The second-order valence-corrected chi connectivity index (χ2v) is 7.04. The highest BCUT2D eigenvalue weighted by Crippen LogP contribution is 2.30. The van der Waals surface area contributed by atoms with Crippen molar-refractivity contribution in [3.8, 4) is 0 Å². The van der Waals surface area contributed by atoms with Crippen molar-refractivity contribution in [3.05, 3.63) is 29.8 Å². The van der Waals surface area contributed by atoms with Gasteiger partial charge >= 0.3 is 11.8 Å². The maximum absolute atomic E-state index is 11.8. The first-order chi connectivity index (χ1) is 10.2. The van der Waals surface area contributed by atoms with Gasteiger partial charge in [0.2, 0.25) is 0 Å². The molecule has 2 rings (SSSR count). The minimum Gasteiger partial charge on any atom is -0.388 e. The van der Waals surface area contributed by atoms with Crippen LogP contribution in [-0.4, -0.2) is 29.1 Å². The summed E-state index contributed by atoms with van der Waals surface area (Å²) in [4.78, 5) is 23.5. The van der Waals surface area contributed by atoms with E-state index in [4.69, 9.17) is 0 Å². The van der Waals surface area contributed by atoms with Crippen LogP contribution in [0, 0.1) is 0 Å². The van der Waals surface area contributed by atoms with Crippen LogP contribution in [0.1, 0.15) is 45.6 Å². The summed E-state index contributed by atoms with van der Waals surface area (Å²) >= 11 is 0. The highest BCUT2D eigenvalue weighted by molar-refractivity contribution is 6.39. The SMILES string of the molecule is CC(C)(C)c1ccc(NC(=O)C(=O)NCC2(O)CCC2)cc1. The molecule has 0 atom stereocenters. The summed E-state index contributed by atoms with van der Waals surface area (Å²) in [6, 6.07) is 7.44. The minimum absolute atomic E-state index is 0.0398. The number of nitrogens with one attached hydrogen (secondary N) is 2. The summed E-state index contributed by atoms with van der Waals surface area (Å²) in [6.45, 7) is 6.46. The molecule has 2 amide bonds. The number of benzene rings is 1. The molecule has 0 aliphatic heterocycles. The van der Waals surface area contributed by atoms with Crippen molar-refractivity contribution in [3.63, 3.8) is 0 Å². The molecular formula is C17H24N2O3. The van der Waals surface area contributed by atoms with Crippen molar-refractivity contribution in [1.82, 2.24) is 5.32 Å².